The maximum absolute atomic E-state index is 6.03. The van der Waals surface area contributed by atoms with Gasteiger partial charge in [-0.05, 0) is 25.5 Å². The van der Waals surface area contributed by atoms with E-state index in [4.69, 9.17) is 39.5 Å². The Hall–Kier alpha value is -0.150. The van der Waals surface area contributed by atoms with Crippen LogP contribution in [0, 0.1) is 0 Å². The summed E-state index contributed by atoms with van der Waals surface area (Å²) < 4.78 is 5.67. The molecular weight excluding hydrogens is 280 g/mol. The van der Waals surface area contributed by atoms with Crippen molar-refractivity contribution in [2.45, 2.75) is 25.3 Å². The van der Waals surface area contributed by atoms with Crippen LogP contribution in [0.2, 0.25) is 15.1 Å². The summed E-state index contributed by atoms with van der Waals surface area (Å²) in [4.78, 5) is 0. The third kappa shape index (κ3) is 3.65. The first-order valence-electron chi connectivity index (χ1n) is 5.67. The molecule has 1 heterocycles. The Morgan fingerprint density at radius 2 is 1.88 bits per heavy atom. The van der Waals surface area contributed by atoms with E-state index in [1.165, 1.54) is 12.8 Å². The second-order valence-corrected chi connectivity index (χ2v) is 5.38. The minimum absolute atomic E-state index is 0.397. The van der Waals surface area contributed by atoms with Crippen molar-refractivity contribution in [1.82, 2.24) is 5.32 Å². The number of halogens is 3. The molecule has 1 aromatic carbocycles. The summed E-state index contributed by atoms with van der Waals surface area (Å²) in [5.41, 5.74) is 0. The highest BCUT2D eigenvalue weighted by molar-refractivity contribution is 6.43. The van der Waals surface area contributed by atoms with Crippen LogP contribution < -0.4 is 10.1 Å². The predicted octanol–water partition coefficient (Wildman–Crippen LogP) is 4.17. The Bertz CT molecular complexity index is 392. The zero-order chi connectivity index (χ0) is 12.3. The summed E-state index contributed by atoms with van der Waals surface area (Å²) in [5, 5.41) is 4.81. The van der Waals surface area contributed by atoms with Crippen LogP contribution in [0.3, 0.4) is 0 Å². The highest BCUT2D eigenvalue weighted by Crippen LogP contribution is 2.33. The quantitative estimate of drug-likeness (QED) is 0.845. The molecule has 1 unspecified atom stereocenters. The smallest absolute Gasteiger partial charge is 0.139 e. The van der Waals surface area contributed by atoms with Crippen LogP contribution in [0.5, 0.6) is 5.75 Å². The van der Waals surface area contributed by atoms with Crippen LogP contribution in [0.25, 0.3) is 0 Å². The van der Waals surface area contributed by atoms with Gasteiger partial charge in [0.05, 0.1) is 15.1 Å². The van der Waals surface area contributed by atoms with Crippen molar-refractivity contribution >= 4 is 34.8 Å². The van der Waals surface area contributed by atoms with Gasteiger partial charge in [0.2, 0.25) is 0 Å². The molecule has 1 aliphatic heterocycles. The Morgan fingerprint density at radius 1 is 1.12 bits per heavy atom. The standard InChI is InChI=1S/C12H14Cl3NO/c13-9-5-11(15)12(6-10(9)14)17-7-8-3-1-2-4-16-8/h5-6,8,16H,1-4,7H2. The molecule has 2 nitrogen and oxygen atoms in total. The van der Waals surface area contributed by atoms with Gasteiger partial charge in [0.15, 0.2) is 0 Å². The van der Waals surface area contributed by atoms with Crippen LogP contribution in [0.1, 0.15) is 19.3 Å². The second-order valence-electron chi connectivity index (χ2n) is 4.15. The molecule has 5 heteroatoms. The van der Waals surface area contributed by atoms with Crippen molar-refractivity contribution in [2.75, 3.05) is 13.2 Å². The number of piperidine rings is 1. The lowest BCUT2D eigenvalue weighted by Gasteiger charge is -2.23. The van der Waals surface area contributed by atoms with E-state index < -0.39 is 0 Å². The molecule has 0 spiro atoms. The molecule has 0 aromatic heterocycles. The second kappa shape index (κ2) is 6.14. The van der Waals surface area contributed by atoms with Gasteiger partial charge in [-0.1, -0.05) is 41.2 Å². The molecule has 17 heavy (non-hydrogen) atoms. The van der Waals surface area contributed by atoms with E-state index in [9.17, 15) is 0 Å². The van der Waals surface area contributed by atoms with E-state index in [1.807, 2.05) is 0 Å². The molecule has 1 N–H and O–H groups in total. The summed E-state index contributed by atoms with van der Waals surface area (Å²) in [5.74, 6) is 0.591. The van der Waals surface area contributed by atoms with Crippen molar-refractivity contribution in [1.29, 1.82) is 0 Å². The molecule has 0 amide bonds. The normalized spacial score (nSPS) is 20.3. The van der Waals surface area contributed by atoms with E-state index in [0.29, 0.717) is 33.5 Å². The predicted molar refractivity (Wildman–Crippen MR) is 72.6 cm³/mol. The monoisotopic (exact) mass is 293 g/mol. The molecule has 1 atom stereocenters. The molecule has 94 valence electrons. The van der Waals surface area contributed by atoms with Crippen molar-refractivity contribution in [3.8, 4) is 5.75 Å². The molecule has 2 rings (SSSR count). The molecule has 1 aliphatic rings. The van der Waals surface area contributed by atoms with Crippen LogP contribution in [-0.4, -0.2) is 19.2 Å². The lowest BCUT2D eigenvalue weighted by Crippen LogP contribution is -2.38. The van der Waals surface area contributed by atoms with Gasteiger partial charge < -0.3 is 10.1 Å². The summed E-state index contributed by atoms with van der Waals surface area (Å²) in [6.07, 6.45) is 3.62. The molecule has 1 fully saturated rings. The first kappa shape index (κ1) is 13.3. The van der Waals surface area contributed by atoms with E-state index in [2.05, 4.69) is 5.32 Å². The van der Waals surface area contributed by atoms with E-state index in [1.54, 1.807) is 12.1 Å². The SMILES string of the molecule is Clc1cc(Cl)c(OCC2CCCCN2)cc1Cl. The van der Waals surface area contributed by atoms with Crippen LogP contribution in [0.4, 0.5) is 0 Å². The molecule has 1 aromatic rings. The maximum Gasteiger partial charge on any atom is 0.139 e. The van der Waals surface area contributed by atoms with Gasteiger partial charge in [0.25, 0.3) is 0 Å². The zero-order valence-electron chi connectivity index (χ0n) is 9.31. The largest absolute Gasteiger partial charge is 0.490 e. The van der Waals surface area contributed by atoms with Gasteiger partial charge in [-0.2, -0.15) is 0 Å². The average molecular weight is 295 g/mol. The molecule has 0 saturated carbocycles. The van der Waals surface area contributed by atoms with E-state index >= 15 is 0 Å². The Labute approximate surface area is 116 Å². The molecule has 0 aliphatic carbocycles. The molecule has 0 radical (unpaired) electrons. The molecular formula is C12H14Cl3NO. The fourth-order valence-corrected chi connectivity index (χ4v) is 2.46. The van der Waals surface area contributed by atoms with Gasteiger partial charge in [0, 0.05) is 12.1 Å². The lowest BCUT2D eigenvalue weighted by atomic mass is 10.1. The zero-order valence-corrected chi connectivity index (χ0v) is 11.6. The Morgan fingerprint density at radius 3 is 2.59 bits per heavy atom. The summed E-state index contributed by atoms with van der Waals surface area (Å²) in [7, 11) is 0. The van der Waals surface area contributed by atoms with Gasteiger partial charge in [0.1, 0.15) is 12.4 Å². The fraction of sp³-hybridized carbons (Fsp3) is 0.500. The highest BCUT2D eigenvalue weighted by Gasteiger charge is 2.14. The lowest BCUT2D eigenvalue weighted by molar-refractivity contribution is 0.239. The first-order chi connectivity index (χ1) is 8.16. The fourth-order valence-electron chi connectivity index (χ4n) is 1.87. The Kier molecular flexibility index (Phi) is 4.80. The number of hydrogen-bond acceptors (Lipinski definition) is 2. The highest BCUT2D eigenvalue weighted by atomic mass is 35.5. The minimum Gasteiger partial charge on any atom is -0.490 e. The van der Waals surface area contributed by atoms with Crippen molar-refractivity contribution in [3.05, 3.63) is 27.2 Å². The van der Waals surface area contributed by atoms with Crippen LogP contribution in [0.15, 0.2) is 12.1 Å². The first-order valence-corrected chi connectivity index (χ1v) is 6.81. The number of rotatable bonds is 3. The van der Waals surface area contributed by atoms with Crippen molar-refractivity contribution in [2.24, 2.45) is 0 Å². The minimum atomic E-state index is 0.397. The van der Waals surface area contributed by atoms with Crippen molar-refractivity contribution < 1.29 is 4.74 Å². The average Bonchev–Trinajstić information content (AvgIpc) is 2.33. The van der Waals surface area contributed by atoms with Gasteiger partial charge in [-0.15, -0.1) is 0 Å². The third-order valence-corrected chi connectivity index (χ3v) is 3.84. The number of nitrogens with one attached hydrogen (secondary N) is 1. The van der Waals surface area contributed by atoms with Crippen LogP contribution >= 0.6 is 34.8 Å². The van der Waals surface area contributed by atoms with Gasteiger partial charge in [-0.3, -0.25) is 0 Å². The summed E-state index contributed by atoms with van der Waals surface area (Å²) in [6.45, 7) is 1.67. The summed E-state index contributed by atoms with van der Waals surface area (Å²) in [6, 6.07) is 3.67. The number of benzene rings is 1. The van der Waals surface area contributed by atoms with E-state index in [0.717, 1.165) is 13.0 Å². The molecule has 0 bridgehead atoms. The van der Waals surface area contributed by atoms with Crippen molar-refractivity contribution in [3.63, 3.8) is 0 Å². The number of ether oxygens (including phenoxy) is 1. The van der Waals surface area contributed by atoms with Gasteiger partial charge in [-0.25, -0.2) is 0 Å². The Balaban J connectivity index is 1.96. The summed E-state index contributed by atoms with van der Waals surface area (Å²) >= 11 is 17.8. The van der Waals surface area contributed by atoms with Gasteiger partial charge >= 0.3 is 0 Å². The van der Waals surface area contributed by atoms with E-state index in [-0.39, 0.29) is 0 Å². The van der Waals surface area contributed by atoms with Crippen LogP contribution in [-0.2, 0) is 0 Å². The molecule has 1 saturated heterocycles. The maximum atomic E-state index is 6.03. The topological polar surface area (TPSA) is 21.3 Å². The number of hydrogen-bond donors (Lipinski definition) is 1. The third-order valence-electron chi connectivity index (χ3n) is 2.83.